The summed E-state index contributed by atoms with van der Waals surface area (Å²) in [5.74, 6) is 0. The van der Waals surface area contributed by atoms with Crippen molar-refractivity contribution in [3.63, 3.8) is 0 Å². The molecule has 1 N–H and O–H groups in total. The zero-order chi connectivity index (χ0) is 9.68. The van der Waals surface area contributed by atoms with Gasteiger partial charge in [-0.3, -0.25) is 0 Å². The summed E-state index contributed by atoms with van der Waals surface area (Å²) in [7, 11) is 4.23. The van der Waals surface area contributed by atoms with Crippen LogP contribution < -0.4 is 5.32 Å². The van der Waals surface area contributed by atoms with Crippen molar-refractivity contribution in [2.45, 2.75) is 31.8 Å². The highest BCUT2D eigenvalue weighted by Gasteiger charge is 2.18. The molecule has 0 spiro atoms. The van der Waals surface area contributed by atoms with Gasteiger partial charge in [-0.25, -0.2) is 0 Å². The molecular weight excluding hydrogens is 164 g/mol. The molecule has 3 nitrogen and oxygen atoms in total. The van der Waals surface area contributed by atoms with Crippen LogP contribution in [-0.4, -0.2) is 50.8 Å². The van der Waals surface area contributed by atoms with Gasteiger partial charge in [-0.1, -0.05) is 0 Å². The molecule has 1 aliphatic rings. The normalized spacial score (nSPS) is 22.2. The van der Waals surface area contributed by atoms with Gasteiger partial charge in [-0.15, -0.1) is 0 Å². The van der Waals surface area contributed by atoms with Crippen LogP contribution in [0, 0.1) is 0 Å². The van der Waals surface area contributed by atoms with E-state index in [0.29, 0.717) is 6.04 Å². The molecule has 1 aliphatic heterocycles. The van der Waals surface area contributed by atoms with E-state index in [1.54, 1.807) is 0 Å². The number of nitrogens with zero attached hydrogens (tertiary/aromatic N) is 1. The van der Waals surface area contributed by atoms with Gasteiger partial charge in [-0.05, 0) is 33.9 Å². The van der Waals surface area contributed by atoms with Gasteiger partial charge in [0.2, 0.25) is 0 Å². The second-order valence-corrected chi connectivity index (χ2v) is 3.97. The van der Waals surface area contributed by atoms with Crippen molar-refractivity contribution in [2.24, 2.45) is 0 Å². The van der Waals surface area contributed by atoms with E-state index >= 15 is 0 Å². The molecule has 1 heterocycles. The summed E-state index contributed by atoms with van der Waals surface area (Å²) in [5.41, 5.74) is 0. The molecule has 0 aromatic heterocycles. The third-order valence-electron chi connectivity index (χ3n) is 2.87. The van der Waals surface area contributed by atoms with Crippen molar-refractivity contribution in [1.29, 1.82) is 0 Å². The monoisotopic (exact) mass is 186 g/mol. The highest BCUT2D eigenvalue weighted by atomic mass is 16.5. The molecular formula is C10H22N2O. The van der Waals surface area contributed by atoms with Crippen molar-refractivity contribution in [3.05, 3.63) is 0 Å². The maximum atomic E-state index is 5.34. The van der Waals surface area contributed by atoms with Gasteiger partial charge in [0.05, 0.1) is 0 Å². The standard InChI is InChI=1S/C10H22N2O/c1-9(11-2)8-12(3)10-4-6-13-7-5-10/h9-11H,4-8H2,1-3H3. The Morgan fingerprint density at radius 2 is 2.08 bits per heavy atom. The van der Waals surface area contributed by atoms with E-state index in [4.69, 9.17) is 4.74 Å². The van der Waals surface area contributed by atoms with Crippen LogP contribution in [0.3, 0.4) is 0 Å². The Labute approximate surface area is 81.4 Å². The average Bonchev–Trinajstić information content (AvgIpc) is 2.19. The fraction of sp³-hybridized carbons (Fsp3) is 1.00. The Morgan fingerprint density at radius 1 is 1.46 bits per heavy atom. The third-order valence-corrected chi connectivity index (χ3v) is 2.87. The van der Waals surface area contributed by atoms with Crippen LogP contribution in [0.4, 0.5) is 0 Å². The van der Waals surface area contributed by atoms with E-state index in [2.05, 4.69) is 24.2 Å². The van der Waals surface area contributed by atoms with E-state index in [9.17, 15) is 0 Å². The lowest BCUT2D eigenvalue weighted by molar-refractivity contribution is 0.0410. The fourth-order valence-corrected chi connectivity index (χ4v) is 1.80. The minimum absolute atomic E-state index is 0.577. The lowest BCUT2D eigenvalue weighted by Crippen LogP contribution is -2.43. The largest absolute Gasteiger partial charge is 0.381 e. The highest BCUT2D eigenvalue weighted by Crippen LogP contribution is 2.12. The smallest absolute Gasteiger partial charge is 0.0480 e. The first-order chi connectivity index (χ1) is 6.24. The molecule has 1 fully saturated rings. The van der Waals surface area contributed by atoms with Gasteiger partial charge in [0.25, 0.3) is 0 Å². The van der Waals surface area contributed by atoms with Crippen LogP contribution in [0.25, 0.3) is 0 Å². The molecule has 1 saturated heterocycles. The number of hydrogen-bond acceptors (Lipinski definition) is 3. The van der Waals surface area contributed by atoms with Gasteiger partial charge in [0.1, 0.15) is 0 Å². The first-order valence-electron chi connectivity index (χ1n) is 5.19. The summed E-state index contributed by atoms with van der Waals surface area (Å²) in [6.07, 6.45) is 2.37. The van der Waals surface area contributed by atoms with Crippen molar-refractivity contribution in [1.82, 2.24) is 10.2 Å². The lowest BCUT2D eigenvalue weighted by Gasteiger charge is -2.32. The fourth-order valence-electron chi connectivity index (χ4n) is 1.80. The Bertz CT molecular complexity index is 135. The maximum absolute atomic E-state index is 5.34. The SMILES string of the molecule is CNC(C)CN(C)C1CCOCC1. The molecule has 0 bridgehead atoms. The zero-order valence-corrected chi connectivity index (χ0v) is 9.05. The third kappa shape index (κ3) is 3.63. The number of ether oxygens (including phenoxy) is 1. The van der Waals surface area contributed by atoms with Gasteiger partial charge in [-0.2, -0.15) is 0 Å². The van der Waals surface area contributed by atoms with Crippen molar-refractivity contribution >= 4 is 0 Å². The Balaban J connectivity index is 2.24. The molecule has 0 aliphatic carbocycles. The van der Waals surface area contributed by atoms with Crippen LogP contribution in [0.5, 0.6) is 0 Å². The topological polar surface area (TPSA) is 24.5 Å². The molecule has 0 radical (unpaired) electrons. The lowest BCUT2D eigenvalue weighted by atomic mass is 10.1. The summed E-state index contributed by atoms with van der Waals surface area (Å²) in [6, 6.07) is 1.30. The quantitative estimate of drug-likeness (QED) is 0.699. The first-order valence-corrected chi connectivity index (χ1v) is 5.19. The maximum Gasteiger partial charge on any atom is 0.0480 e. The number of rotatable bonds is 4. The summed E-state index contributed by atoms with van der Waals surface area (Å²) >= 11 is 0. The molecule has 3 heteroatoms. The molecule has 1 atom stereocenters. The molecule has 0 amide bonds. The predicted octanol–water partition coefficient (Wildman–Crippen LogP) is 0.705. The Hall–Kier alpha value is -0.120. The number of hydrogen-bond donors (Lipinski definition) is 1. The van der Waals surface area contributed by atoms with E-state index in [1.807, 2.05) is 7.05 Å². The van der Waals surface area contributed by atoms with Gasteiger partial charge in [0, 0.05) is 31.8 Å². The summed E-state index contributed by atoms with van der Waals surface area (Å²) in [4.78, 5) is 2.45. The molecule has 0 aromatic carbocycles. The number of likely N-dealkylation sites (N-methyl/N-ethyl adjacent to an activating group) is 2. The summed E-state index contributed by atoms with van der Waals surface area (Å²) in [5, 5.41) is 3.26. The molecule has 78 valence electrons. The van der Waals surface area contributed by atoms with Gasteiger partial charge in [0.15, 0.2) is 0 Å². The Kier molecular flexibility index (Phi) is 4.70. The average molecular weight is 186 g/mol. The minimum atomic E-state index is 0.577. The first kappa shape index (κ1) is 11.0. The summed E-state index contributed by atoms with van der Waals surface area (Å²) < 4.78 is 5.34. The van der Waals surface area contributed by atoms with Gasteiger partial charge >= 0.3 is 0 Å². The van der Waals surface area contributed by atoms with Gasteiger partial charge < -0.3 is 15.0 Å². The zero-order valence-electron chi connectivity index (χ0n) is 9.05. The van der Waals surface area contributed by atoms with Crippen molar-refractivity contribution < 1.29 is 4.74 Å². The van der Waals surface area contributed by atoms with E-state index < -0.39 is 0 Å². The van der Waals surface area contributed by atoms with Crippen LogP contribution in [0.1, 0.15) is 19.8 Å². The van der Waals surface area contributed by atoms with E-state index in [1.165, 1.54) is 12.8 Å². The molecule has 0 aromatic rings. The minimum Gasteiger partial charge on any atom is -0.381 e. The highest BCUT2D eigenvalue weighted by molar-refractivity contribution is 4.74. The van der Waals surface area contributed by atoms with Crippen LogP contribution in [0.15, 0.2) is 0 Å². The molecule has 1 rings (SSSR count). The van der Waals surface area contributed by atoms with E-state index in [-0.39, 0.29) is 0 Å². The molecule has 0 saturated carbocycles. The predicted molar refractivity (Wildman–Crippen MR) is 55.0 cm³/mol. The van der Waals surface area contributed by atoms with Crippen molar-refractivity contribution in [2.75, 3.05) is 33.9 Å². The van der Waals surface area contributed by atoms with Crippen LogP contribution in [0.2, 0.25) is 0 Å². The second-order valence-electron chi connectivity index (χ2n) is 3.97. The van der Waals surface area contributed by atoms with E-state index in [0.717, 1.165) is 25.8 Å². The van der Waals surface area contributed by atoms with Crippen LogP contribution in [-0.2, 0) is 4.74 Å². The summed E-state index contributed by atoms with van der Waals surface area (Å²) in [6.45, 7) is 5.21. The number of nitrogens with one attached hydrogen (secondary N) is 1. The molecule has 13 heavy (non-hydrogen) atoms. The van der Waals surface area contributed by atoms with Crippen molar-refractivity contribution in [3.8, 4) is 0 Å². The second kappa shape index (κ2) is 5.58. The molecule has 1 unspecified atom stereocenters. The Morgan fingerprint density at radius 3 is 2.62 bits per heavy atom. The van der Waals surface area contributed by atoms with Crippen LogP contribution >= 0.6 is 0 Å².